The summed E-state index contributed by atoms with van der Waals surface area (Å²) in [6.07, 6.45) is 0.868. The second kappa shape index (κ2) is 11.0. The van der Waals surface area contributed by atoms with Crippen LogP contribution in [0.2, 0.25) is 0 Å². The van der Waals surface area contributed by atoms with E-state index in [1.807, 2.05) is 45.0 Å². The minimum Gasteiger partial charge on any atom is -0.490 e. The van der Waals surface area contributed by atoms with Gasteiger partial charge >= 0.3 is 5.97 Å². The number of carbonyl (C=O) groups excluding carboxylic acids is 2. The molecule has 0 bridgehead atoms. The van der Waals surface area contributed by atoms with Gasteiger partial charge in [0, 0.05) is 6.54 Å². The van der Waals surface area contributed by atoms with Crippen LogP contribution in [0.3, 0.4) is 0 Å². The summed E-state index contributed by atoms with van der Waals surface area (Å²) in [6, 6.07) is 12.6. The molecule has 0 unspecified atom stereocenters. The molecule has 0 atom stereocenters. The Labute approximate surface area is 165 Å². The number of ether oxygens (including phenoxy) is 3. The van der Waals surface area contributed by atoms with Gasteiger partial charge in [-0.05, 0) is 49.6 Å². The number of benzene rings is 2. The molecule has 0 heterocycles. The number of hydrogen-bond acceptors (Lipinski definition) is 5. The molecule has 0 aliphatic rings. The largest absolute Gasteiger partial charge is 0.490 e. The van der Waals surface area contributed by atoms with Crippen molar-refractivity contribution in [2.24, 2.45) is 0 Å². The summed E-state index contributed by atoms with van der Waals surface area (Å²) in [5.74, 6) is 0.115. The van der Waals surface area contributed by atoms with Gasteiger partial charge in [-0.3, -0.25) is 4.79 Å². The van der Waals surface area contributed by atoms with Gasteiger partial charge in [0.15, 0.2) is 18.1 Å². The van der Waals surface area contributed by atoms with Crippen LogP contribution in [0, 0.1) is 6.92 Å². The highest BCUT2D eigenvalue weighted by molar-refractivity contribution is 5.92. The van der Waals surface area contributed by atoms with Crippen molar-refractivity contribution >= 4 is 11.9 Å². The molecule has 6 heteroatoms. The highest BCUT2D eigenvalue weighted by atomic mass is 16.5. The summed E-state index contributed by atoms with van der Waals surface area (Å²) in [5, 5.41) is 2.75. The second-order valence-corrected chi connectivity index (χ2v) is 6.22. The summed E-state index contributed by atoms with van der Waals surface area (Å²) in [5.41, 5.74) is 2.42. The Hall–Kier alpha value is -3.02. The lowest BCUT2D eigenvalue weighted by molar-refractivity contribution is -0.124. The molecular formula is C22H27NO5. The molecule has 1 N–H and O–H groups in total. The fourth-order valence-corrected chi connectivity index (χ4v) is 2.50. The molecule has 0 saturated carbocycles. The number of amides is 1. The molecular weight excluding hydrogens is 358 g/mol. The molecule has 0 aromatic heterocycles. The predicted molar refractivity (Wildman–Crippen MR) is 107 cm³/mol. The molecule has 2 aromatic rings. The monoisotopic (exact) mass is 385 g/mol. The first-order valence-electron chi connectivity index (χ1n) is 9.43. The van der Waals surface area contributed by atoms with Crippen molar-refractivity contribution in [1.82, 2.24) is 5.32 Å². The third kappa shape index (κ3) is 6.30. The standard InChI is InChI=1S/C22H27NO5/c1-4-12-27-19-11-10-17(13-20(19)26-5-2)22(25)28-15-21(24)23-14-18-9-7-6-8-16(18)3/h6-11,13H,4-5,12,14-15H2,1-3H3,(H,23,24). The van der Waals surface area contributed by atoms with Crippen molar-refractivity contribution in [3.63, 3.8) is 0 Å². The molecule has 28 heavy (non-hydrogen) atoms. The summed E-state index contributed by atoms with van der Waals surface area (Å²) in [6.45, 7) is 6.89. The first kappa shape index (κ1) is 21.3. The Morgan fingerprint density at radius 1 is 1.00 bits per heavy atom. The van der Waals surface area contributed by atoms with E-state index in [4.69, 9.17) is 14.2 Å². The van der Waals surface area contributed by atoms with Crippen LogP contribution in [0.15, 0.2) is 42.5 Å². The van der Waals surface area contributed by atoms with Gasteiger partial charge in [-0.2, -0.15) is 0 Å². The van der Waals surface area contributed by atoms with Crippen molar-refractivity contribution in [3.05, 3.63) is 59.2 Å². The van der Waals surface area contributed by atoms with E-state index in [1.54, 1.807) is 18.2 Å². The van der Waals surface area contributed by atoms with E-state index in [9.17, 15) is 9.59 Å². The van der Waals surface area contributed by atoms with Crippen LogP contribution in [0.5, 0.6) is 11.5 Å². The number of carbonyl (C=O) groups is 2. The van der Waals surface area contributed by atoms with Gasteiger partial charge in [0.2, 0.25) is 0 Å². The van der Waals surface area contributed by atoms with E-state index in [1.165, 1.54) is 0 Å². The van der Waals surface area contributed by atoms with Crippen LogP contribution >= 0.6 is 0 Å². The molecule has 0 saturated heterocycles. The van der Waals surface area contributed by atoms with Crippen LogP contribution in [-0.4, -0.2) is 31.7 Å². The zero-order chi connectivity index (χ0) is 20.4. The normalized spacial score (nSPS) is 10.2. The lowest BCUT2D eigenvalue weighted by atomic mass is 10.1. The molecule has 0 aliphatic heterocycles. The molecule has 150 valence electrons. The van der Waals surface area contributed by atoms with Gasteiger partial charge in [-0.25, -0.2) is 4.79 Å². The van der Waals surface area contributed by atoms with Gasteiger partial charge in [-0.15, -0.1) is 0 Å². The number of aryl methyl sites for hydroxylation is 1. The Morgan fingerprint density at radius 3 is 2.50 bits per heavy atom. The van der Waals surface area contributed by atoms with Crippen molar-refractivity contribution in [3.8, 4) is 11.5 Å². The number of hydrogen-bond donors (Lipinski definition) is 1. The first-order chi connectivity index (χ1) is 13.5. The van der Waals surface area contributed by atoms with Crippen molar-refractivity contribution < 1.29 is 23.8 Å². The van der Waals surface area contributed by atoms with Crippen molar-refractivity contribution in [2.45, 2.75) is 33.7 Å². The average Bonchev–Trinajstić information content (AvgIpc) is 2.70. The van der Waals surface area contributed by atoms with Crippen molar-refractivity contribution in [2.75, 3.05) is 19.8 Å². The van der Waals surface area contributed by atoms with Crippen LogP contribution in [-0.2, 0) is 16.1 Å². The lowest BCUT2D eigenvalue weighted by Gasteiger charge is -2.13. The zero-order valence-corrected chi connectivity index (χ0v) is 16.6. The van der Waals surface area contributed by atoms with Crippen LogP contribution < -0.4 is 14.8 Å². The maximum atomic E-state index is 12.3. The smallest absolute Gasteiger partial charge is 0.338 e. The van der Waals surface area contributed by atoms with Gasteiger partial charge in [0.1, 0.15) is 0 Å². The molecule has 0 spiro atoms. The first-order valence-corrected chi connectivity index (χ1v) is 9.43. The Bertz CT molecular complexity index is 803. The highest BCUT2D eigenvalue weighted by Crippen LogP contribution is 2.29. The Balaban J connectivity index is 1.90. The second-order valence-electron chi connectivity index (χ2n) is 6.22. The van der Waals surface area contributed by atoms with Crippen LogP contribution in [0.25, 0.3) is 0 Å². The van der Waals surface area contributed by atoms with Gasteiger partial charge in [0.25, 0.3) is 5.91 Å². The average molecular weight is 385 g/mol. The van der Waals surface area contributed by atoms with Gasteiger partial charge < -0.3 is 19.5 Å². The molecule has 0 fully saturated rings. The number of esters is 1. The van der Waals surface area contributed by atoms with E-state index in [2.05, 4.69) is 5.32 Å². The summed E-state index contributed by atoms with van der Waals surface area (Å²) in [4.78, 5) is 24.2. The Kier molecular flexibility index (Phi) is 8.34. The van der Waals surface area contributed by atoms with E-state index >= 15 is 0 Å². The van der Waals surface area contributed by atoms with E-state index < -0.39 is 5.97 Å². The molecule has 6 nitrogen and oxygen atoms in total. The minimum absolute atomic E-state index is 0.305. The van der Waals surface area contributed by atoms with Crippen molar-refractivity contribution in [1.29, 1.82) is 0 Å². The van der Waals surface area contributed by atoms with E-state index in [0.29, 0.717) is 36.8 Å². The Morgan fingerprint density at radius 2 is 1.79 bits per heavy atom. The molecule has 0 aliphatic carbocycles. The predicted octanol–water partition coefficient (Wildman–Crippen LogP) is 3.66. The van der Waals surface area contributed by atoms with Crippen LogP contribution in [0.1, 0.15) is 41.8 Å². The summed E-state index contributed by atoms with van der Waals surface area (Å²) < 4.78 is 16.3. The summed E-state index contributed by atoms with van der Waals surface area (Å²) in [7, 11) is 0. The molecule has 2 rings (SSSR count). The number of rotatable bonds is 10. The fraction of sp³-hybridized carbons (Fsp3) is 0.364. The third-order valence-corrected chi connectivity index (χ3v) is 4.01. The van der Waals surface area contributed by atoms with E-state index in [0.717, 1.165) is 17.5 Å². The van der Waals surface area contributed by atoms with Crippen LogP contribution in [0.4, 0.5) is 0 Å². The van der Waals surface area contributed by atoms with Gasteiger partial charge in [-0.1, -0.05) is 31.2 Å². The van der Waals surface area contributed by atoms with E-state index in [-0.39, 0.29) is 12.5 Å². The molecule has 1 amide bonds. The molecule has 0 radical (unpaired) electrons. The SMILES string of the molecule is CCCOc1ccc(C(=O)OCC(=O)NCc2ccccc2C)cc1OCC. The number of nitrogens with one attached hydrogen (secondary N) is 1. The lowest BCUT2D eigenvalue weighted by Crippen LogP contribution is -2.28. The third-order valence-electron chi connectivity index (χ3n) is 4.01. The quantitative estimate of drug-likeness (QED) is 0.632. The maximum absolute atomic E-state index is 12.3. The summed E-state index contributed by atoms with van der Waals surface area (Å²) >= 11 is 0. The highest BCUT2D eigenvalue weighted by Gasteiger charge is 2.14. The van der Waals surface area contributed by atoms with Gasteiger partial charge in [0.05, 0.1) is 18.8 Å². The zero-order valence-electron chi connectivity index (χ0n) is 16.6. The fourth-order valence-electron chi connectivity index (χ4n) is 2.50. The topological polar surface area (TPSA) is 73.9 Å². The maximum Gasteiger partial charge on any atom is 0.338 e. The molecule has 2 aromatic carbocycles. The minimum atomic E-state index is -0.589.